The van der Waals surface area contributed by atoms with Crippen LogP contribution >= 0.6 is 0 Å². The van der Waals surface area contributed by atoms with E-state index in [1.54, 1.807) is 0 Å². The van der Waals surface area contributed by atoms with Crippen molar-refractivity contribution in [2.75, 3.05) is 36.0 Å². The van der Waals surface area contributed by atoms with Crippen LogP contribution in [0.4, 0.5) is 11.6 Å². The van der Waals surface area contributed by atoms with Crippen LogP contribution in [0.2, 0.25) is 0 Å². The highest BCUT2D eigenvalue weighted by atomic mass is 16.4. The molecule has 5 nitrogen and oxygen atoms in total. The van der Waals surface area contributed by atoms with Gasteiger partial charge in [0.15, 0.2) is 0 Å². The SMILES string of the molecule is CCC(CC)c1nc(C#N)c(N2CCN(c3ccccc3)CC2)o1. The molecule has 1 fully saturated rings. The molecule has 1 aliphatic rings. The molecular formula is C19H24N4O. The van der Waals surface area contributed by atoms with E-state index in [-0.39, 0.29) is 5.92 Å². The molecule has 0 amide bonds. The van der Waals surface area contributed by atoms with Gasteiger partial charge in [0.2, 0.25) is 17.5 Å². The van der Waals surface area contributed by atoms with Crippen LogP contribution in [0.15, 0.2) is 34.7 Å². The molecule has 0 radical (unpaired) electrons. The third-order valence-electron chi connectivity index (χ3n) is 4.75. The maximum absolute atomic E-state index is 9.41. The molecule has 0 N–H and O–H groups in total. The molecule has 2 heterocycles. The summed E-state index contributed by atoms with van der Waals surface area (Å²) in [5.74, 6) is 1.64. The van der Waals surface area contributed by atoms with Crippen LogP contribution in [-0.2, 0) is 0 Å². The summed E-state index contributed by atoms with van der Waals surface area (Å²) >= 11 is 0. The number of oxazole rings is 1. The van der Waals surface area contributed by atoms with Crippen LogP contribution < -0.4 is 9.80 Å². The molecule has 1 saturated heterocycles. The van der Waals surface area contributed by atoms with Crippen LogP contribution in [0.25, 0.3) is 0 Å². The van der Waals surface area contributed by atoms with E-state index in [1.165, 1.54) is 5.69 Å². The first-order chi connectivity index (χ1) is 11.8. The van der Waals surface area contributed by atoms with Crippen LogP contribution in [0.1, 0.15) is 44.2 Å². The van der Waals surface area contributed by atoms with Gasteiger partial charge >= 0.3 is 0 Å². The predicted octanol–water partition coefficient (Wildman–Crippen LogP) is 3.78. The van der Waals surface area contributed by atoms with E-state index in [0.717, 1.165) is 39.0 Å². The van der Waals surface area contributed by atoms with Crippen molar-refractivity contribution in [2.24, 2.45) is 0 Å². The number of anilines is 2. The molecule has 0 atom stereocenters. The van der Waals surface area contributed by atoms with Crippen molar-refractivity contribution >= 4 is 11.6 Å². The maximum Gasteiger partial charge on any atom is 0.234 e. The third-order valence-corrected chi connectivity index (χ3v) is 4.75. The summed E-state index contributed by atoms with van der Waals surface area (Å²) in [7, 11) is 0. The van der Waals surface area contributed by atoms with Gasteiger partial charge < -0.3 is 14.2 Å². The molecule has 126 valence electrons. The topological polar surface area (TPSA) is 56.3 Å². The highest BCUT2D eigenvalue weighted by Crippen LogP contribution is 2.30. The Bertz CT molecular complexity index is 692. The largest absolute Gasteiger partial charge is 0.423 e. The maximum atomic E-state index is 9.41. The third kappa shape index (κ3) is 3.23. The molecule has 0 aliphatic carbocycles. The number of nitriles is 1. The number of para-hydroxylation sites is 1. The number of aromatic nitrogens is 1. The zero-order chi connectivity index (χ0) is 16.9. The van der Waals surface area contributed by atoms with Crippen molar-refractivity contribution in [2.45, 2.75) is 32.6 Å². The normalized spacial score (nSPS) is 14.9. The predicted molar refractivity (Wildman–Crippen MR) is 95.4 cm³/mol. The van der Waals surface area contributed by atoms with Gasteiger partial charge in [-0.1, -0.05) is 32.0 Å². The van der Waals surface area contributed by atoms with Gasteiger partial charge in [-0.3, -0.25) is 0 Å². The van der Waals surface area contributed by atoms with Crippen LogP contribution in [0.3, 0.4) is 0 Å². The van der Waals surface area contributed by atoms with Crippen molar-refractivity contribution in [1.29, 1.82) is 5.26 Å². The molecule has 5 heteroatoms. The zero-order valence-corrected chi connectivity index (χ0v) is 14.4. The lowest BCUT2D eigenvalue weighted by atomic mass is 10.0. The average Bonchev–Trinajstić information content (AvgIpc) is 3.08. The number of piperazine rings is 1. The fourth-order valence-corrected chi connectivity index (χ4v) is 3.23. The highest BCUT2D eigenvalue weighted by Gasteiger charge is 2.26. The van der Waals surface area contributed by atoms with Crippen LogP contribution in [-0.4, -0.2) is 31.2 Å². The summed E-state index contributed by atoms with van der Waals surface area (Å²) in [5.41, 5.74) is 1.66. The molecule has 3 rings (SSSR count). The number of hydrogen-bond donors (Lipinski definition) is 0. The molecule has 24 heavy (non-hydrogen) atoms. The summed E-state index contributed by atoms with van der Waals surface area (Å²) in [4.78, 5) is 8.95. The Kier molecular flexibility index (Phi) is 5.05. The van der Waals surface area contributed by atoms with Gasteiger partial charge in [0, 0.05) is 37.8 Å². The molecule has 0 unspecified atom stereocenters. The van der Waals surface area contributed by atoms with E-state index in [9.17, 15) is 5.26 Å². The van der Waals surface area contributed by atoms with Gasteiger partial charge in [-0.25, -0.2) is 4.98 Å². The fraction of sp³-hybridized carbons (Fsp3) is 0.474. The lowest BCUT2D eigenvalue weighted by Crippen LogP contribution is -2.46. The van der Waals surface area contributed by atoms with E-state index >= 15 is 0 Å². The minimum atomic E-state index is 0.288. The quantitative estimate of drug-likeness (QED) is 0.838. The first-order valence-corrected chi connectivity index (χ1v) is 8.72. The molecular weight excluding hydrogens is 300 g/mol. The zero-order valence-electron chi connectivity index (χ0n) is 14.4. The summed E-state index contributed by atoms with van der Waals surface area (Å²) in [6, 6.07) is 12.6. The minimum absolute atomic E-state index is 0.288. The van der Waals surface area contributed by atoms with Crippen molar-refractivity contribution in [3.05, 3.63) is 41.9 Å². The van der Waals surface area contributed by atoms with Crippen molar-refractivity contribution < 1.29 is 4.42 Å². The monoisotopic (exact) mass is 324 g/mol. The van der Waals surface area contributed by atoms with Crippen molar-refractivity contribution in [3.8, 4) is 6.07 Å². The lowest BCUT2D eigenvalue weighted by Gasteiger charge is -2.35. The molecule has 1 aromatic carbocycles. The summed E-state index contributed by atoms with van der Waals surface area (Å²) in [6.45, 7) is 7.75. The van der Waals surface area contributed by atoms with Gasteiger partial charge in [0.25, 0.3) is 0 Å². The second-order valence-corrected chi connectivity index (χ2v) is 6.14. The Labute approximate surface area is 143 Å². The lowest BCUT2D eigenvalue weighted by molar-refractivity contribution is 0.425. The second-order valence-electron chi connectivity index (χ2n) is 6.14. The molecule has 2 aromatic rings. The van der Waals surface area contributed by atoms with E-state index in [4.69, 9.17) is 4.42 Å². The number of benzene rings is 1. The Hall–Kier alpha value is -2.48. The first kappa shape index (κ1) is 16.4. The molecule has 1 aromatic heterocycles. The van der Waals surface area contributed by atoms with Crippen LogP contribution in [0.5, 0.6) is 0 Å². The molecule has 1 aliphatic heterocycles. The Morgan fingerprint density at radius 2 is 1.71 bits per heavy atom. The average molecular weight is 324 g/mol. The van der Waals surface area contributed by atoms with Crippen molar-refractivity contribution in [1.82, 2.24) is 4.98 Å². The second kappa shape index (κ2) is 7.39. The minimum Gasteiger partial charge on any atom is -0.423 e. The fourth-order valence-electron chi connectivity index (χ4n) is 3.23. The summed E-state index contributed by atoms with van der Waals surface area (Å²) < 4.78 is 6.00. The van der Waals surface area contributed by atoms with Crippen LogP contribution in [0, 0.1) is 11.3 Å². The van der Waals surface area contributed by atoms with E-state index in [1.807, 2.05) is 6.07 Å². The van der Waals surface area contributed by atoms with E-state index < -0.39 is 0 Å². The van der Waals surface area contributed by atoms with E-state index in [0.29, 0.717) is 17.5 Å². The number of nitrogens with zero attached hydrogens (tertiary/aromatic N) is 4. The molecule has 0 spiro atoms. The van der Waals surface area contributed by atoms with Crippen molar-refractivity contribution in [3.63, 3.8) is 0 Å². The Morgan fingerprint density at radius 3 is 2.29 bits per heavy atom. The first-order valence-electron chi connectivity index (χ1n) is 8.72. The summed E-state index contributed by atoms with van der Waals surface area (Å²) in [5, 5.41) is 9.41. The Morgan fingerprint density at radius 1 is 1.08 bits per heavy atom. The van der Waals surface area contributed by atoms with Gasteiger partial charge in [0.05, 0.1) is 0 Å². The Balaban J connectivity index is 1.73. The number of rotatable bonds is 5. The molecule has 0 bridgehead atoms. The van der Waals surface area contributed by atoms with Gasteiger partial charge in [-0.15, -0.1) is 0 Å². The highest BCUT2D eigenvalue weighted by molar-refractivity contribution is 5.52. The smallest absolute Gasteiger partial charge is 0.234 e. The van der Waals surface area contributed by atoms with Gasteiger partial charge in [-0.2, -0.15) is 5.26 Å². The number of hydrogen-bond acceptors (Lipinski definition) is 5. The van der Waals surface area contributed by atoms with Gasteiger partial charge in [-0.05, 0) is 25.0 Å². The van der Waals surface area contributed by atoms with E-state index in [2.05, 4.69) is 59.0 Å². The van der Waals surface area contributed by atoms with Gasteiger partial charge in [0.1, 0.15) is 6.07 Å². The molecule has 0 saturated carbocycles. The standard InChI is InChI=1S/C19H24N4O/c1-3-15(4-2)18-21-17(14-20)19(24-18)23-12-10-22(11-13-23)16-8-6-5-7-9-16/h5-9,15H,3-4,10-13H2,1-2H3. The summed E-state index contributed by atoms with van der Waals surface area (Å²) in [6.07, 6.45) is 1.95.